The standard InChI is InChI=1S/C23H35FO2/c1-10-20(25)16(8)12-26-17(9)22-18(13(2)3)11-19(14(4)5)23(24)21(22)15(6)7/h11-15,17H,10H2,1-9H3/b16-12+. The maximum absolute atomic E-state index is 15.3. The van der Waals surface area contributed by atoms with Crippen LogP contribution in [0.3, 0.4) is 0 Å². The summed E-state index contributed by atoms with van der Waals surface area (Å²) in [7, 11) is 0. The van der Waals surface area contributed by atoms with Gasteiger partial charge in [0.1, 0.15) is 11.9 Å². The number of benzene rings is 1. The molecule has 1 aromatic rings. The molecule has 146 valence electrons. The van der Waals surface area contributed by atoms with E-state index in [-0.39, 0.29) is 35.5 Å². The highest BCUT2D eigenvalue weighted by molar-refractivity contribution is 5.94. The Labute approximate surface area is 158 Å². The average molecular weight is 363 g/mol. The quantitative estimate of drug-likeness (QED) is 0.362. The molecule has 0 amide bonds. The van der Waals surface area contributed by atoms with E-state index in [1.807, 2.05) is 47.6 Å². The number of carbonyl (C=O) groups excluding carboxylic acids is 1. The largest absolute Gasteiger partial charge is 0.493 e. The van der Waals surface area contributed by atoms with Gasteiger partial charge in [-0.1, -0.05) is 54.5 Å². The molecule has 0 aliphatic heterocycles. The van der Waals surface area contributed by atoms with E-state index in [1.165, 1.54) is 6.26 Å². The summed E-state index contributed by atoms with van der Waals surface area (Å²) in [6.07, 6.45) is 1.66. The van der Waals surface area contributed by atoms with Gasteiger partial charge in [0.2, 0.25) is 0 Å². The molecule has 0 radical (unpaired) electrons. The number of halogens is 1. The van der Waals surface area contributed by atoms with Crippen LogP contribution < -0.4 is 0 Å². The first-order valence-electron chi connectivity index (χ1n) is 9.74. The van der Waals surface area contributed by atoms with Gasteiger partial charge < -0.3 is 4.74 Å². The summed E-state index contributed by atoms with van der Waals surface area (Å²) >= 11 is 0. The molecule has 3 heteroatoms. The Balaban J connectivity index is 3.52. The minimum atomic E-state index is -0.319. The fraction of sp³-hybridized carbons (Fsp3) is 0.609. The molecule has 0 aromatic heterocycles. The Morgan fingerprint density at radius 2 is 1.54 bits per heavy atom. The SMILES string of the molecule is CCC(=O)/C(C)=C/OC(C)c1c(C(C)C)cc(C(C)C)c(F)c1C(C)C. The van der Waals surface area contributed by atoms with Crippen LogP contribution in [0, 0.1) is 5.82 Å². The molecule has 0 heterocycles. The first-order chi connectivity index (χ1) is 12.0. The van der Waals surface area contributed by atoms with Crippen molar-refractivity contribution in [3.8, 4) is 0 Å². The summed E-state index contributed by atoms with van der Waals surface area (Å²) in [6, 6.07) is 2.00. The second kappa shape index (κ2) is 9.34. The van der Waals surface area contributed by atoms with Gasteiger partial charge >= 0.3 is 0 Å². The Kier molecular flexibility index (Phi) is 8.05. The van der Waals surface area contributed by atoms with Crippen LogP contribution in [0.2, 0.25) is 0 Å². The van der Waals surface area contributed by atoms with Crippen LogP contribution in [0.1, 0.15) is 115 Å². The highest BCUT2D eigenvalue weighted by Crippen LogP contribution is 2.39. The number of carbonyl (C=O) groups is 1. The van der Waals surface area contributed by atoms with Crippen LogP contribution in [-0.2, 0) is 9.53 Å². The van der Waals surface area contributed by atoms with Crippen molar-refractivity contribution in [3.05, 3.63) is 46.0 Å². The van der Waals surface area contributed by atoms with E-state index in [2.05, 4.69) is 13.8 Å². The molecular weight excluding hydrogens is 327 g/mol. The van der Waals surface area contributed by atoms with Crippen LogP contribution in [0.4, 0.5) is 4.39 Å². The van der Waals surface area contributed by atoms with Gasteiger partial charge in [0.25, 0.3) is 0 Å². The first-order valence-corrected chi connectivity index (χ1v) is 9.74. The maximum atomic E-state index is 15.3. The maximum Gasteiger partial charge on any atom is 0.161 e. The third-order valence-corrected chi connectivity index (χ3v) is 4.84. The zero-order valence-electron chi connectivity index (χ0n) is 17.9. The lowest BCUT2D eigenvalue weighted by molar-refractivity contribution is -0.115. The van der Waals surface area contributed by atoms with Crippen LogP contribution in [0.25, 0.3) is 0 Å². The molecule has 0 spiro atoms. The minimum Gasteiger partial charge on any atom is -0.493 e. The second-order valence-corrected chi connectivity index (χ2v) is 8.02. The zero-order chi connectivity index (χ0) is 20.2. The fourth-order valence-corrected chi connectivity index (χ4v) is 3.27. The topological polar surface area (TPSA) is 26.3 Å². The van der Waals surface area contributed by atoms with Crippen molar-refractivity contribution in [1.29, 1.82) is 0 Å². The van der Waals surface area contributed by atoms with E-state index in [0.29, 0.717) is 12.0 Å². The molecule has 0 aliphatic rings. The normalized spacial score (nSPS) is 13.7. The Morgan fingerprint density at radius 3 is 1.96 bits per heavy atom. The summed E-state index contributed by atoms with van der Waals surface area (Å²) in [5.74, 6) is 0.380. The van der Waals surface area contributed by atoms with E-state index in [0.717, 1.165) is 22.3 Å². The second-order valence-electron chi connectivity index (χ2n) is 8.02. The molecule has 0 aliphatic carbocycles. The molecule has 0 bridgehead atoms. The van der Waals surface area contributed by atoms with Crippen molar-refractivity contribution in [3.63, 3.8) is 0 Å². The van der Waals surface area contributed by atoms with Crippen molar-refractivity contribution in [2.45, 2.75) is 92.6 Å². The van der Waals surface area contributed by atoms with Crippen molar-refractivity contribution in [1.82, 2.24) is 0 Å². The zero-order valence-corrected chi connectivity index (χ0v) is 17.9. The summed E-state index contributed by atoms with van der Waals surface area (Å²) < 4.78 is 21.2. The molecule has 1 unspecified atom stereocenters. The lowest BCUT2D eigenvalue weighted by Gasteiger charge is -2.27. The van der Waals surface area contributed by atoms with Gasteiger partial charge in [0.05, 0.1) is 6.26 Å². The summed E-state index contributed by atoms with van der Waals surface area (Å²) in [5.41, 5.74) is 4.14. The summed E-state index contributed by atoms with van der Waals surface area (Å²) in [6.45, 7) is 17.9. The lowest BCUT2D eigenvalue weighted by Crippen LogP contribution is -2.14. The van der Waals surface area contributed by atoms with E-state index in [4.69, 9.17) is 4.74 Å². The van der Waals surface area contributed by atoms with E-state index in [1.54, 1.807) is 6.92 Å². The number of ether oxygens (including phenoxy) is 1. The predicted octanol–water partition coefficient (Wildman–Crippen LogP) is 7.16. The number of ketones is 1. The van der Waals surface area contributed by atoms with Crippen molar-refractivity contribution in [2.75, 3.05) is 0 Å². The van der Waals surface area contributed by atoms with Crippen molar-refractivity contribution < 1.29 is 13.9 Å². The predicted molar refractivity (Wildman–Crippen MR) is 107 cm³/mol. The van der Waals surface area contributed by atoms with Gasteiger partial charge in [0.15, 0.2) is 5.78 Å². The van der Waals surface area contributed by atoms with Crippen molar-refractivity contribution >= 4 is 5.78 Å². The molecule has 0 saturated carbocycles. The fourth-order valence-electron chi connectivity index (χ4n) is 3.27. The molecule has 0 N–H and O–H groups in total. The highest BCUT2D eigenvalue weighted by Gasteiger charge is 2.26. The van der Waals surface area contributed by atoms with Gasteiger partial charge in [0, 0.05) is 17.6 Å². The van der Waals surface area contributed by atoms with E-state index >= 15 is 4.39 Å². The smallest absolute Gasteiger partial charge is 0.161 e. The van der Waals surface area contributed by atoms with Crippen molar-refractivity contribution in [2.24, 2.45) is 0 Å². The lowest BCUT2D eigenvalue weighted by atomic mass is 9.82. The number of Topliss-reactive ketones (excluding diaryl/α,β-unsaturated/α-hetero) is 1. The molecule has 26 heavy (non-hydrogen) atoms. The third-order valence-electron chi connectivity index (χ3n) is 4.84. The van der Waals surface area contributed by atoms with Crippen LogP contribution in [0.5, 0.6) is 0 Å². The Morgan fingerprint density at radius 1 is 1.00 bits per heavy atom. The van der Waals surface area contributed by atoms with Crippen LogP contribution in [0.15, 0.2) is 17.9 Å². The Bertz CT molecular complexity index is 669. The third kappa shape index (κ3) is 4.96. The van der Waals surface area contributed by atoms with Crippen LogP contribution in [-0.4, -0.2) is 5.78 Å². The highest BCUT2D eigenvalue weighted by atomic mass is 19.1. The van der Waals surface area contributed by atoms with Gasteiger partial charge in [-0.3, -0.25) is 4.79 Å². The number of hydrogen-bond donors (Lipinski definition) is 0. The average Bonchev–Trinajstić information content (AvgIpc) is 2.56. The van der Waals surface area contributed by atoms with E-state index < -0.39 is 0 Å². The minimum absolute atomic E-state index is 0.0506. The Hall–Kier alpha value is -1.64. The van der Waals surface area contributed by atoms with E-state index in [9.17, 15) is 4.79 Å². The monoisotopic (exact) mass is 362 g/mol. The molecule has 2 nitrogen and oxygen atoms in total. The molecule has 1 rings (SSSR count). The molecule has 1 atom stereocenters. The molecule has 0 fully saturated rings. The number of allylic oxidation sites excluding steroid dienone is 1. The van der Waals surface area contributed by atoms with Gasteiger partial charge in [-0.05, 0) is 48.3 Å². The molecular formula is C23H35FO2. The van der Waals surface area contributed by atoms with Gasteiger partial charge in [-0.2, -0.15) is 0 Å². The number of rotatable bonds is 8. The summed E-state index contributed by atoms with van der Waals surface area (Å²) in [5, 5.41) is 0. The summed E-state index contributed by atoms with van der Waals surface area (Å²) in [4.78, 5) is 11.8. The van der Waals surface area contributed by atoms with Gasteiger partial charge in [-0.25, -0.2) is 4.39 Å². The van der Waals surface area contributed by atoms with Crippen LogP contribution >= 0.6 is 0 Å². The molecule has 0 saturated heterocycles. The number of hydrogen-bond acceptors (Lipinski definition) is 2. The molecule has 1 aromatic carbocycles. The van der Waals surface area contributed by atoms with Gasteiger partial charge in [-0.15, -0.1) is 0 Å². The first kappa shape index (κ1) is 22.4.